The number of rotatable bonds is 6. The molecule has 0 spiro atoms. The Labute approximate surface area is 160 Å². The Balaban J connectivity index is 1.33. The van der Waals surface area contributed by atoms with Crippen molar-refractivity contribution in [1.82, 2.24) is 0 Å². The smallest absolute Gasteiger partial charge is 0.119 e. The van der Waals surface area contributed by atoms with E-state index < -0.39 is 6.10 Å². The zero-order valence-corrected chi connectivity index (χ0v) is 15.4. The van der Waals surface area contributed by atoms with Crippen LogP contribution in [0.15, 0.2) is 78.9 Å². The predicted octanol–water partition coefficient (Wildman–Crippen LogP) is 4.55. The van der Waals surface area contributed by atoms with Gasteiger partial charge in [0.25, 0.3) is 0 Å². The Morgan fingerprint density at radius 1 is 0.852 bits per heavy atom. The Kier molecular flexibility index (Phi) is 5.40. The third kappa shape index (κ3) is 4.32. The van der Waals surface area contributed by atoms with Crippen LogP contribution in [0.3, 0.4) is 0 Å². The zero-order valence-electron chi connectivity index (χ0n) is 15.4. The molecule has 1 N–H and O–H groups in total. The van der Waals surface area contributed by atoms with Crippen LogP contribution in [0, 0.1) is 0 Å². The Morgan fingerprint density at radius 2 is 1.56 bits per heavy atom. The van der Waals surface area contributed by atoms with Gasteiger partial charge in [-0.25, -0.2) is 0 Å². The second-order valence-electron chi connectivity index (χ2n) is 7.03. The number of ether oxygens (including phenoxy) is 1. The summed E-state index contributed by atoms with van der Waals surface area (Å²) in [6.07, 6.45) is 1.73. The van der Waals surface area contributed by atoms with E-state index in [4.69, 9.17) is 4.74 Å². The number of hydrogen-bond donors (Lipinski definition) is 1. The first-order valence-corrected chi connectivity index (χ1v) is 9.59. The lowest BCUT2D eigenvalue weighted by Crippen LogP contribution is -2.38. The van der Waals surface area contributed by atoms with Crippen molar-refractivity contribution >= 4 is 5.69 Å². The van der Waals surface area contributed by atoms with E-state index in [-0.39, 0.29) is 0 Å². The SMILES string of the molecule is OC(COc1ccc(-c2ccccc2)cc1)CN1CCCc2ccccc21. The standard InChI is InChI=1S/C24H25NO2/c26-22(17-25-16-6-10-21-9-4-5-11-24(21)25)18-27-23-14-12-20(13-15-23)19-7-2-1-3-8-19/h1-5,7-9,11-15,22,26H,6,10,16-18H2. The zero-order chi connectivity index (χ0) is 18.5. The molecule has 138 valence electrons. The lowest BCUT2D eigenvalue weighted by Gasteiger charge is -2.32. The summed E-state index contributed by atoms with van der Waals surface area (Å²) in [4.78, 5) is 2.27. The van der Waals surface area contributed by atoms with Crippen molar-refractivity contribution in [3.8, 4) is 16.9 Å². The predicted molar refractivity (Wildman–Crippen MR) is 110 cm³/mol. The average Bonchev–Trinajstić information content (AvgIpc) is 2.74. The van der Waals surface area contributed by atoms with Crippen molar-refractivity contribution in [2.24, 2.45) is 0 Å². The quantitative estimate of drug-likeness (QED) is 0.701. The molecule has 0 aromatic heterocycles. The fraction of sp³-hybridized carbons (Fsp3) is 0.250. The first kappa shape index (κ1) is 17.6. The number of aliphatic hydroxyl groups is 1. The maximum absolute atomic E-state index is 10.5. The number of hydrogen-bond acceptors (Lipinski definition) is 3. The van der Waals surface area contributed by atoms with E-state index in [0.29, 0.717) is 13.2 Å². The molecule has 0 amide bonds. The van der Waals surface area contributed by atoms with E-state index >= 15 is 0 Å². The molecule has 3 aromatic rings. The number of aliphatic hydroxyl groups excluding tert-OH is 1. The first-order valence-electron chi connectivity index (χ1n) is 9.59. The summed E-state index contributed by atoms with van der Waals surface area (Å²) in [5, 5.41) is 10.5. The molecule has 0 fully saturated rings. The summed E-state index contributed by atoms with van der Waals surface area (Å²) in [7, 11) is 0. The molecule has 3 nitrogen and oxygen atoms in total. The fourth-order valence-corrected chi connectivity index (χ4v) is 3.67. The largest absolute Gasteiger partial charge is 0.491 e. The van der Waals surface area contributed by atoms with Crippen LogP contribution in [0.4, 0.5) is 5.69 Å². The van der Waals surface area contributed by atoms with Gasteiger partial charge in [0.05, 0.1) is 0 Å². The van der Waals surface area contributed by atoms with Gasteiger partial charge in [0.1, 0.15) is 18.5 Å². The van der Waals surface area contributed by atoms with Crippen molar-refractivity contribution in [3.63, 3.8) is 0 Å². The van der Waals surface area contributed by atoms with Gasteiger partial charge >= 0.3 is 0 Å². The lowest BCUT2D eigenvalue weighted by molar-refractivity contribution is 0.112. The molecule has 1 unspecified atom stereocenters. The molecule has 1 atom stereocenters. The highest BCUT2D eigenvalue weighted by atomic mass is 16.5. The van der Waals surface area contributed by atoms with E-state index in [1.165, 1.54) is 16.8 Å². The Morgan fingerprint density at radius 3 is 2.37 bits per heavy atom. The highest BCUT2D eigenvalue weighted by Gasteiger charge is 2.19. The molecule has 4 rings (SSSR count). The molecule has 0 saturated heterocycles. The molecule has 0 aliphatic carbocycles. The minimum atomic E-state index is -0.523. The number of para-hydroxylation sites is 1. The van der Waals surface area contributed by atoms with Crippen molar-refractivity contribution in [3.05, 3.63) is 84.4 Å². The van der Waals surface area contributed by atoms with Gasteiger partial charge in [-0.1, -0.05) is 60.7 Å². The summed E-state index contributed by atoms with van der Waals surface area (Å²) in [5.74, 6) is 0.785. The summed E-state index contributed by atoms with van der Waals surface area (Å²) < 4.78 is 5.81. The number of aryl methyl sites for hydroxylation is 1. The lowest BCUT2D eigenvalue weighted by atomic mass is 10.0. The van der Waals surface area contributed by atoms with E-state index in [0.717, 1.165) is 30.7 Å². The Hall–Kier alpha value is -2.78. The molecule has 1 aliphatic heterocycles. The highest BCUT2D eigenvalue weighted by molar-refractivity contribution is 5.63. The monoisotopic (exact) mass is 359 g/mol. The Bertz CT molecular complexity index is 861. The molecule has 0 bridgehead atoms. The minimum Gasteiger partial charge on any atom is -0.491 e. The van der Waals surface area contributed by atoms with E-state index in [9.17, 15) is 5.11 Å². The van der Waals surface area contributed by atoms with Crippen LogP contribution in [-0.2, 0) is 6.42 Å². The molecule has 3 aromatic carbocycles. The van der Waals surface area contributed by atoms with Gasteiger partial charge < -0.3 is 14.7 Å². The van der Waals surface area contributed by atoms with Crippen LogP contribution in [0.5, 0.6) is 5.75 Å². The van der Waals surface area contributed by atoms with Gasteiger partial charge in [0.15, 0.2) is 0 Å². The molecule has 1 aliphatic rings. The van der Waals surface area contributed by atoms with Crippen LogP contribution in [0.2, 0.25) is 0 Å². The van der Waals surface area contributed by atoms with Crippen molar-refractivity contribution in [2.45, 2.75) is 18.9 Å². The van der Waals surface area contributed by atoms with Gasteiger partial charge in [0.2, 0.25) is 0 Å². The van der Waals surface area contributed by atoms with Crippen LogP contribution >= 0.6 is 0 Å². The molecule has 1 heterocycles. The van der Waals surface area contributed by atoms with Gasteiger partial charge in [-0.3, -0.25) is 0 Å². The highest BCUT2D eigenvalue weighted by Crippen LogP contribution is 2.27. The number of fused-ring (bicyclic) bond motifs is 1. The van der Waals surface area contributed by atoms with Crippen molar-refractivity contribution in [2.75, 3.05) is 24.6 Å². The summed E-state index contributed by atoms with van der Waals surface area (Å²) >= 11 is 0. The number of β-amino-alcohol motifs (C(OH)–C–C–N with tert-alkyl or cyclic N) is 1. The van der Waals surface area contributed by atoms with Crippen LogP contribution in [0.25, 0.3) is 11.1 Å². The van der Waals surface area contributed by atoms with Gasteiger partial charge in [-0.15, -0.1) is 0 Å². The summed E-state index contributed by atoms with van der Waals surface area (Å²) in [6, 6.07) is 26.8. The van der Waals surface area contributed by atoms with Crippen molar-refractivity contribution < 1.29 is 9.84 Å². The molecule has 27 heavy (non-hydrogen) atoms. The average molecular weight is 359 g/mol. The molecule has 0 saturated carbocycles. The topological polar surface area (TPSA) is 32.7 Å². The minimum absolute atomic E-state index is 0.295. The number of benzene rings is 3. The summed E-state index contributed by atoms with van der Waals surface area (Å²) in [5.41, 5.74) is 4.96. The van der Waals surface area contributed by atoms with Crippen LogP contribution < -0.4 is 9.64 Å². The maximum Gasteiger partial charge on any atom is 0.119 e. The normalized spacial score (nSPS) is 14.5. The second-order valence-corrected chi connectivity index (χ2v) is 7.03. The molecular formula is C24H25NO2. The van der Waals surface area contributed by atoms with Crippen LogP contribution in [0.1, 0.15) is 12.0 Å². The fourth-order valence-electron chi connectivity index (χ4n) is 3.67. The molecule has 0 radical (unpaired) electrons. The number of anilines is 1. The van der Waals surface area contributed by atoms with E-state index in [1.54, 1.807) is 0 Å². The maximum atomic E-state index is 10.5. The summed E-state index contributed by atoms with van der Waals surface area (Å²) in [6.45, 7) is 1.88. The third-order valence-corrected chi connectivity index (χ3v) is 5.04. The van der Waals surface area contributed by atoms with Gasteiger partial charge in [-0.2, -0.15) is 0 Å². The van der Waals surface area contributed by atoms with Gasteiger partial charge in [0, 0.05) is 18.8 Å². The van der Waals surface area contributed by atoms with Crippen molar-refractivity contribution in [1.29, 1.82) is 0 Å². The van der Waals surface area contributed by atoms with Crippen LogP contribution in [-0.4, -0.2) is 30.9 Å². The van der Waals surface area contributed by atoms with E-state index in [1.807, 2.05) is 30.3 Å². The first-order chi connectivity index (χ1) is 13.3. The number of nitrogens with zero attached hydrogens (tertiary/aromatic N) is 1. The third-order valence-electron chi connectivity index (χ3n) is 5.04. The second kappa shape index (κ2) is 8.28. The van der Waals surface area contributed by atoms with Gasteiger partial charge in [-0.05, 0) is 47.7 Å². The molecular weight excluding hydrogens is 334 g/mol. The van der Waals surface area contributed by atoms with E-state index in [2.05, 4.69) is 53.4 Å². The molecule has 3 heteroatoms.